The zero-order valence-corrected chi connectivity index (χ0v) is 9.24. The monoisotopic (exact) mass is 195 g/mol. The highest BCUT2D eigenvalue weighted by Gasteiger charge is 2.15. The van der Waals surface area contributed by atoms with Crippen LogP contribution in [0.25, 0.3) is 0 Å². The van der Waals surface area contributed by atoms with E-state index >= 15 is 0 Å². The van der Waals surface area contributed by atoms with Crippen LogP contribution in [0.4, 0.5) is 0 Å². The highest BCUT2D eigenvalue weighted by molar-refractivity contribution is 5.98. The summed E-state index contributed by atoms with van der Waals surface area (Å²) in [7, 11) is 3.39. The largest absolute Gasteiger partial charge is 0.287 e. The molecule has 0 atom stereocenters. The first-order chi connectivity index (χ1) is 7.10. The lowest BCUT2D eigenvalue weighted by Crippen LogP contribution is -2.24. The van der Waals surface area contributed by atoms with Crippen LogP contribution in [0.2, 0.25) is 1.43 Å². The van der Waals surface area contributed by atoms with E-state index in [0.29, 0.717) is 5.92 Å². The predicted octanol–water partition coefficient (Wildman–Crippen LogP) is 2.25. The Hall–Kier alpha value is -1.09. The number of amidine groups is 1. The minimum atomic E-state index is 0.530. The van der Waals surface area contributed by atoms with Gasteiger partial charge in [0.05, 0.1) is 0 Å². The summed E-state index contributed by atoms with van der Waals surface area (Å²) in [5.41, 5.74) is 2.43. The Morgan fingerprint density at radius 1 is 1.71 bits per heavy atom. The normalized spacial score (nSPS) is 18.1. The Labute approximate surface area is 86.9 Å². The molecule has 0 heterocycles. The van der Waals surface area contributed by atoms with E-state index in [1.54, 1.807) is 14.1 Å². The minimum absolute atomic E-state index is 0.530. The zero-order chi connectivity index (χ0) is 11.4. The molecular weight excluding hydrogens is 176 g/mol. The van der Waals surface area contributed by atoms with Gasteiger partial charge in [-0.3, -0.25) is 10.2 Å². The molecule has 1 N–H and O–H groups in total. The summed E-state index contributed by atoms with van der Waals surface area (Å²) in [5, 5.41) is 5.76. The van der Waals surface area contributed by atoms with E-state index in [9.17, 15) is 0 Å². The van der Waals surface area contributed by atoms with E-state index in [1.165, 1.54) is 10.6 Å². The van der Waals surface area contributed by atoms with Crippen molar-refractivity contribution in [2.24, 2.45) is 10.9 Å². The number of hydrogen-bond acceptors (Lipinski definition) is 2. The smallest absolute Gasteiger partial charge is 0.246 e. The summed E-state index contributed by atoms with van der Waals surface area (Å²) in [6.45, 7) is 4.33. The van der Waals surface area contributed by atoms with Crippen LogP contribution < -0.4 is 0 Å². The second kappa shape index (κ2) is 4.42. The summed E-state index contributed by atoms with van der Waals surface area (Å²) in [6.07, 6.45) is 5.19. The predicted molar refractivity (Wildman–Crippen MR) is 58.5 cm³/mol. The summed E-state index contributed by atoms with van der Waals surface area (Å²) < 4.78 is 6.84. The molecule has 1 aliphatic rings. The fraction of sp³-hybridized carbons (Fsp3) is 0.545. The molecule has 0 spiro atoms. The van der Waals surface area contributed by atoms with Crippen LogP contribution in [0.1, 0.15) is 20.3 Å². The third-order valence-electron chi connectivity index (χ3n) is 2.36. The number of hydroxylamine groups is 2. The molecule has 0 aromatic rings. The van der Waals surface area contributed by atoms with Crippen LogP contribution in [0.5, 0.6) is 0 Å². The molecule has 3 nitrogen and oxygen atoms in total. The molecule has 0 aromatic carbocycles. The summed E-state index contributed by atoms with van der Waals surface area (Å²) in [6, 6.07) is 0. The SMILES string of the molecule is [2H]ON(C)C(=NC)C1=CC(C(C)C)=CC1. The molecule has 0 bridgehead atoms. The first-order valence-electron chi connectivity index (χ1n) is 5.25. The van der Waals surface area contributed by atoms with Crippen molar-refractivity contribution in [2.75, 3.05) is 14.1 Å². The summed E-state index contributed by atoms with van der Waals surface area (Å²) >= 11 is 0. The van der Waals surface area contributed by atoms with Crippen LogP contribution >= 0.6 is 0 Å². The fourth-order valence-corrected chi connectivity index (χ4v) is 1.59. The van der Waals surface area contributed by atoms with Gasteiger partial charge in [0.2, 0.25) is 1.43 Å². The second-order valence-corrected chi connectivity index (χ2v) is 3.78. The molecule has 1 aliphatic carbocycles. The van der Waals surface area contributed by atoms with Crippen molar-refractivity contribution in [1.82, 2.24) is 5.06 Å². The maximum absolute atomic E-state index is 6.84. The van der Waals surface area contributed by atoms with Gasteiger partial charge in [-0.25, -0.2) is 5.06 Å². The maximum atomic E-state index is 6.84. The lowest BCUT2D eigenvalue weighted by Gasteiger charge is -2.13. The summed E-state index contributed by atoms with van der Waals surface area (Å²) in [5.74, 6) is 1.25. The number of hydrogen-bond donors (Lipinski definition) is 1. The van der Waals surface area contributed by atoms with E-state index in [-0.39, 0.29) is 0 Å². The van der Waals surface area contributed by atoms with E-state index in [2.05, 4.69) is 36.2 Å². The van der Waals surface area contributed by atoms with Crippen molar-refractivity contribution in [1.29, 1.82) is 0 Å². The first kappa shape index (κ1) is 9.46. The topological polar surface area (TPSA) is 35.8 Å². The Morgan fingerprint density at radius 3 is 2.86 bits per heavy atom. The third-order valence-corrected chi connectivity index (χ3v) is 2.36. The van der Waals surface area contributed by atoms with E-state index in [4.69, 9.17) is 1.43 Å². The standard InChI is InChI=1S/C11H18N2O/c1-8(2)9-5-6-10(7-9)11(12-3)13(4)14/h5,7-8,14H,6H2,1-4H3/i14D. The molecule has 0 aliphatic heterocycles. The van der Waals surface area contributed by atoms with Crippen molar-refractivity contribution in [3.05, 3.63) is 23.3 Å². The third kappa shape index (κ3) is 2.23. The Balaban J connectivity index is 2.80. The molecule has 0 saturated heterocycles. The van der Waals surface area contributed by atoms with E-state index in [1.807, 2.05) is 0 Å². The average molecular weight is 195 g/mol. The number of likely N-dealkylation sites (N-methyl/N-ethyl adjacent to an activating group) is 1. The lowest BCUT2D eigenvalue weighted by atomic mass is 10.1. The van der Waals surface area contributed by atoms with Gasteiger partial charge in [0.15, 0.2) is 0 Å². The molecule has 1 rings (SSSR count). The van der Waals surface area contributed by atoms with Crippen molar-refractivity contribution >= 4 is 5.84 Å². The number of allylic oxidation sites excluding steroid dienone is 3. The van der Waals surface area contributed by atoms with Gasteiger partial charge in [0.25, 0.3) is 0 Å². The number of rotatable bonds is 3. The molecule has 14 heavy (non-hydrogen) atoms. The van der Waals surface area contributed by atoms with Gasteiger partial charge < -0.3 is 0 Å². The molecule has 0 aromatic heterocycles. The van der Waals surface area contributed by atoms with Gasteiger partial charge in [0, 0.05) is 19.7 Å². The molecule has 0 unspecified atom stereocenters. The molecule has 0 amide bonds. The number of nitrogens with zero attached hydrogens (tertiary/aromatic N) is 2. The lowest BCUT2D eigenvalue weighted by molar-refractivity contribution is 0.0138. The van der Waals surface area contributed by atoms with Crippen LogP contribution in [0.15, 0.2) is 28.3 Å². The molecule has 3 heteroatoms. The van der Waals surface area contributed by atoms with Crippen LogP contribution in [0, 0.1) is 5.92 Å². The van der Waals surface area contributed by atoms with Crippen molar-refractivity contribution in [3.8, 4) is 0 Å². The Bertz CT molecular complexity index is 319. The van der Waals surface area contributed by atoms with Crippen molar-refractivity contribution < 1.29 is 6.64 Å². The molecule has 0 fully saturated rings. The fourth-order valence-electron chi connectivity index (χ4n) is 1.59. The van der Waals surface area contributed by atoms with Gasteiger partial charge in [-0.05, 0) is 17.9 Å². The van der Waals surface area contributed by atoms with Gasteiger partial charge >= 0.3 is 0 Å². The van der Waals surface area contributed by atoms with Crippen LogP contribution in [0.3, 0.4) is 0 Å². The Morgan fingerprint density at radius 2 is 2.43 bits per heavy atom. The maximum Gasteiger partial charge on any atom is 0.246 e. The Kier molecular flexibility index (Phi) is 2.99. The molecule has 0 saturated carbocycles. The first-order valence-corrected chi connectivity index (χ1v) is 4.85. The zero-order valence-electron chi connectivity index (χ0n) is 10.2. The van der Waals surface area contributed by atoms with Gasteiger partial charge in [0.1, 0.15) is 5.84 Å². The van der Waals surface area contributed by atoms with Gasteiger partial charge in [-0.15, -0.1) is 0 Å². The van der Waals surface area contributed by atoms with Crippen LogP contribution in [-0.4, -0.2) is 30.2 Å². The second-order valence-electron chi connectivity index (χ2n) is 3.78. The van der Waals surface area contributed by atoms with E-state index < -0.39 is 0 Å². The highest BCUT2D eigenvalue weighted by atomic mass is 16.5. The molecule has 78 valence electrons. The highest BCUT2D eigenvalue weighted by Crippen LogP contribution is 2.24. The van der Waals surface area contributed by atoms with Crippen molar-refractivity contribution in [3.63, 3.8) is 0 Å². The van der Waals surface area contributed by atoms with E-state index in [0.717, 1.165) is 17.8 Å². The van der Waals surface area contributed by atoms with Crippen LogP contribution in [-0.2, 0) is 0 Å². The molecular formula is C11H18N2O. The van der Waals surface area contributed by atoms with Gasteiger partial charge in [-0.1, -0.05) is 26.0 Å². The minimum Gasteiger partial charge on any atom is -0.287 e. The quantitative estimate of drug-likeness (QED) is 0.426. The number of aliphatic imine (C=N–C) groups is 1. The van der Waals surface area contributed by atoms with Gasteiger partial charge in [-0.2, -0.15) is 0 Å². The summed E-state index contributed by atoms with van der Waals surface area (Å²) in [4.78, 5) is 4.13. The molecule has 0 radical (unpaired) electrons. The average Bonchev–Trinajstić information content (AvgIpc) is 2.68. The van der Waals surface area contributed by atoms with Crippen molar-refractivity contribution in [2.45, 2.75) is 20.3 Å².